The zero-order valence-electron chi connectivity index (χ0n) is 14.4. The van der Waals surface area contributed by atoms with E-state index in [1.165, 1.54) is 0 Å². The molecule has 4 heteroatoms. The Hall–Kier alpha value is -2.13. The number of Topliss-reactive ketones (excluding diaryl/α,β-unsaturated/α-hetero) is 1. The number of fused-ring (bicyclic) bond motifs is 2. The van der Waals surface area contributed by atoms with Gasteiger partial charge >= 0.3 is 0 Å². The number of nitrogens with zero attached hydrogens (tertiary/aromatic N) is 1. The first kappa shape index (κ1) is 16.3. The van der Waals surface area contributed by atoms with Crippen LogP contribution in [0, 0.1) is 11.3 Å². The lowest BCUT2D eigenvalue weighted by molar-refractivity contribution is -0.124. The molecule has 0 saturated heterocycles. The van der Waals surface area contributed by atoms with Gasteiger partial charge in [0.2, 0.25) is 0 Å². The van der Waals surface area contributed by atoms with Gasteiger partial charge in [-0.05, 0) is 41.7 Å². The van der Waals surface area contributed by atoms with Crippen LogP contribution in [0.5, 0.6) is 0 Å². The SMILES string of the molecule is CC1(C)CC(=O)C2C(=Nc3ccccc3N[C@@H]2c2ccc(Cl)cc2)C1. The lowest BCUT2D eigenvalue weighted by atomic mass is 9.68. The van der Waals surface area contributed by atoms with Gasteiger partial charge in [0, 0.05) is 17.2 Å². The molecular weight excluding hydrogens is 332 g/mol. The van der Waals surface area contributed by atoms with Gasteiger partial charge in [-0.2, -0.15) is 0 Å². The number of carbonyl (C=O) groups excluding carboxylic acids is 1. The van der Waals surface area contributed by atoms with Crippen LogP contribution in [-0.4, -0.2) is 11.5 Å². The number of hydrogen-bond acceptors (Lipinski definition) is 3. The van der Waals surface area contributed by atoms with E-state index in [-0.39, 0.29) is 23.2 Å². The van der Waals surface area contributed by atoms with Gasteiger partial charge in [0.25, 0.3) is 0 Å². The molecule has 0 radical (unpaired) electrons. The second-order valence-corrected chi connectivity index (χ2v) is 8.19. The number of nitrogens with one attached hydrogen (secondary N) is 1. The van der Waals surface area contributed by atoms with Gasteiger partial charge in [0.15, 0.2) is 0 Å². The van der Waals surface area contributed by atoms with Crippen LogP contribution in [0.3, 0.4) is 0 Å². The van der Waals surface area contributed by atoms with Crippen LogP contribution in [0.1, 0.15) is 38.3 Å². The first-order valence-corrected chi connectivity index (χ1v) is 9.02. The molecule has 3 nitrogen and oxygen atoms in total. The van der Waals surface area contributed by atoms with Crippen molar-refractivity contribution in [2.75, 3.05) is 5.32 Å². The molecule has 0 bridgehead atoms. The van der Waals surface area contributed by atoms with E-state index >= 15 is 0 Å². The molecule has 2 aliphatic rings. The van der Waals surface area contributed by atoms with Crippen molar-refractivity contribution in [2.45, 2.75) is 32.7 Å². The Morgan fingerprint density at radius 3 is 2.56 bits per heavy atom. The maximum atomic E-state index is 13.1. The van der Waals surface area contributed by atoms with E-state index in [0.717, 1.165) is 29.1 Å². The topological polar surface area (TPSA) is 41.5 Å². The van der Waals surface area contributed by atoms with E-state index in [9.17, 15) is 4.79 Å². The zero-order valence-corrected chi connectivity index (χ0v) is 15.2. The predicted molar refractivity (Wildman–Crippen MR) is 103 cm³/mol. The Bertz CT molecular complexity index is 854. The van der Waals surface area contributed by atoms with Gasteiger partial charge in [0.1, 0.15) is 5.78 Å². The number of rotatable bonds is 1. The number of ketones is 1. The summed E-state index contributed by atoms with van der Waals surface area (Å²) in [7, 11) is 0. The second-order valence-electron chi connectivity index (χ2n) is 7.76. The molecule has 25 heavy (non-hydrogen) atoms. The van der Waals surface area contributed by atoms with E-state index in [1.54, 1.807) is 0 Å². The highest BCUT2D eigenvalue weighted by Gasteiger charge is 2.43. The van der Waals surface area contributed by atoms with Crippen LogP contribution < -0.4 is 5.32 Å². The van der Waals surface area contributed by atoms with Crippen molar-refractivity contribution in [2.24, 2.45) is 16.3 Å². The molecule has 4 rings (SSSR count). The molecule has 1 heterocycles. The quantitative estimate of drug-likeness (QED) is 0.727. The number of aliphatic imine (C=N–C) groups is 1. The summed E-state index contributed by atoms with van der Waals surface area (Å²) < 4.78 is 0. The van der Waals surface area contributed by atoms with Crippen LogP contribution in [0.4, 0.5) is 11.4 Å². The lowest BCUT2D eigenvalue weighted by Crippen LogP contribution is -2.42. The molecular formula is C21H21ClN2O. The van der Waals surface area contributed by atoms with Crippen molar-refractivity contribution in [3.05, 3.63) is 59.1 Å². The third-order valence-corrected chi connectivity index (χ3v) is 5.31. The minimum absolute atomic E-state index is 0.0454. The molecule has 0 spiro atoms. The zero-order chi connectivity index (χ0) is 17.6. The molecule has 2 aromatic rings. The summed E-state index contributed by atoms with van der Waals surface area (Å²) in [6.07, 6.45) is 1.42. The Morgan fingerprint density at radius 2 is 1.80 bits per heavy atom. The molecule has 2 atom stereocenters. The van der Waals surface area contributed by atoms with Gasteiger partial charge in [-0.15, -0.1) is 0 Å². The summed E-state index contributed by atoms with van der Waals surface area (Å²) in [5.41, 5.74) is 3.88. The summed E-state index contributed by atoms with van der Waals surface area (Å²) >= 11 is 6.06. The molecule has 1 N–H and O–H groups in total. The van der Waals surface area contributed by atoms with Gasteiger partial charge in [0.05, 0.1) is 23.3 Å². The van der Waals surface area contributed by atoms with Crippen LogP contribution >= 0.6 is 11.6 Å². The average molecular weight is 353 g/mol. The molecule has 1 aliphatic heterocycles. The summed E-state index contributed by atoms with van der Waals surface area (Å²) in [4.78, 5) is 18.0. The van der Waals surface area contributed by atoms with E-state index in [1.807, 2.05) is 48.5 Å². The van der Waals surface area contributed by atoms with Gasteiger partial charge in [-0.25, -0.2) is 0 Å². The van der Waals surface area contributed by atoms with Gasteiger partial charge in [-0.3, -0.25) is 9.79 Å². The number of para-hydroxylation sites is 2. The minimum atomic E-state index is -0.235. The highest BCUT2D eigenvalue weighted by atomic mass is 35.5. The van der Waals surface area contributed by atoms with Crippen molar-refractivity contribution in [1.82, 2.24) is 0 Å². The van der Waals surface area contributed by atoms with E-state index in [0.29, 0.717) is 11.4 Å². The van der Waals surface area contributed by atoms with Crippen LogP contribution in [0.25, 0.3) is 0 Å². The summed E-state index contributed by atoms with van der Waals surface area (Å²) in [6.45, 7) is 4.29. The van der Waals surface area contributed by atoms with Gasteiger partial charge in [-0.1, -0.05) is 49.7 Å². The maximum Gasteiger partial charge on any atom is 0.144 e. The fourth-order valence-corrected chi connectivity index (χ4v) is 4.09. The van der Waals surface area contributed by atoms with Crippen LogP contribution in [0.15, 0.2) is 53.5 Å². The normalized spacial score (nSPS) is 24.4. The fourth-order valence-electron chi connectivity index (χ4n) is 3.96. The van der Waals surface area contributed by atoms with Crippen molar-refractivity contribution >= 4 is 34.5 Å². The number of benzene rings is 2. The largest absolute Gasteiger partial charge is 0.375 e. The second kappa shape index (κ2) is 5.99. The van der Waals surface area contributed by atoms with Crippen LogP contribution in [-0.2, 0) is 4.79 Å². The first-order chi connectivity index (χ1) is 11.9. The highest BCUT2D eigenvalue weighted by molar-refractivity contribution is 6.30. The Morgan fingerprint density at radius 1 is 1.08 bits per heavy atom. The van der Waals surface area contributed by atoms with Crippen molar-refractivity contribution in [1.29, 1.82) is 0 Å². The lowest BCUT2D eigenvalue weighted by Gasteiger charge is -2.37. The average Bonchev–Trinajstić information content (AvgIpc) is 2.70. The highest BCUT2D eigenvalue weighted by Crippen LogP contribution is 2.44. The summed E-state index contributed by atoms with van der Waals surface area (Å²) in [6, 6.07) is 15.6. The van der Waals surface area contributed by atoms with Crippen LogP contribution in [0.2, 0.25) is 5.02 Å². The fraction of sp³-hybridized carbons (Fsp3) is 0.333. The number of halogens is 1. The Labute approximate surface area is 153 Å². The molecule has 0 aromatic heterocycles. The van der Waals surface area contributed by atoms with Crippen molar-refractivity contribution < 1.29 is 4.79 Å². The minimum Gasteiger partial charge on any atom is -0.375 e. The molecule has 1 aliphatic carbocycles. The molecule has 1 fully saturated rings. The Balaban J connectivity index is 1.86. The first-order valence-electron chi connectivity index (χ1n) is 8.64. The summed E-state index contributed by atoms with van der Waals surface area (Å²) in [5, 5.41) is 4.27. The van der Waals surface area contributed by atoms with Crippen molar-refractivity contribution in [3.8, 4) is 0 Å². The molecule has 1 unspecified atom stereocenters. The number of anilines is 1. The molecule has 128 valence electrons. The number of carbonyl (C=O) groups is 1. The van der Waals surface area contributed by atoms with E-state index in [2.05, 4.69) is 19.2 Å². The monoisotopic (exact) mass is 352 g/mol. The third-order valence-electron chi connectivity index (χ3n) is 5.06. The molecule has 2 aromatic carbocycles. The standard InChI is InChI=1S/C21H21ClN2O/c1-21(2)11-17-19(18(25)12-21)20(13-7-9-14(22)10-8-13)24-16-6-4-3-5-15(16)23-17/h3-10,19-20,24H,11-12H2,1-2H3/t19?,20-/m1/s1. The predicted octanol–water partition coefficient (Wildman–Crippen LogP) is 5.58. The van der Waals surface area contributed by atoms with E-state index < -0.39 is 0 Å². The smallest absolute Gasteiger partial charge is 0.144 e. The molecule has 0 amide bonds. The maximum absolute atomic E-state index is 13.1. The molecule has 1 saturated carbocycles. The van der Waals surface area contributed by atoms with Gasteiger partial charge < -0.3 is 5.32 Å². The van der Waals surface area contributed by atoms with Crippen molar-refractivity contribution in [3.63, 3.8) is 0 Å². The van der Waals surface area contributed by atoms with E-state index in [4.69, 9.17) is 16.6 Å². The Kier molecular flexibility index (Phi) is 3.92. The summed E-state index contributed by atoms with van der Waals surface area (Å²) in [5.74, 6) is 0.0249. The number of hydrogen-bond donors (Lipinski definition) is 1. The third kappa shape index (κ3) is 3.09.